The Morgan fingerprint density at radius 1 is 1.39 bits per heavy atom. The van der Waals surface area contributed by atoms with E-state index in [1.54, 1.807) is 6.92 Å². The van der Waals surface area contributed by atoms with Crippen LogP contribution in [0.4, 0.5) is 8.78 Å². The van der Waals surface area contributed by atoms with Crippen LogP contribution in [0.1, 0.15) is 17.3 Å². The molecule has 0 fully saturated rings. The van der Waals surface area contributed by atoms with Gasteiger partial charge in [-0.15, -0.1) is 0 Å². The Labute approximate surface area is 104 Å². The zero-order valence-corrected chi connectivity index (χ0v) is 10.0. The first-order valence-electron chi connectivity index (χ1n) is 5.62. The fourth-order valence-electron chi connectivity index (χ4n) is 1.34. The molecule has 0 spiro atoms. The van der Waals surface area contributed by atoms with E-state index in [0.29, 0.717) is 25.7 Å². The van der Waals surface area contributed by atoms with Crippen LogP contribution in [0.2, 0.25) is 0 Å². The molecule has 0 aliphatic carbocycles. The third-order valence-electron chi connectivity index (χ3n) is 2.20. The van der Waals surface area contributed by atoms with E-state index < -0.39 is 23.6 Å². The Kier molecular flexibility index (Phi) is 5.67. The quantitative estimate of drug-likeness (QED) is 0.657. The largest absolute Gasteiger partial charge is 0.392 e. The number of hydrogen-bond acceptors (Lipinski definition) is 3. The van der Waals surface area contributed by atoms with E-state index in [1.165, 1.54) is 0 Å². The lowest BCUT2D eigenvalue weighted by atomic mass is 10.2. The standard InChI is InChI=1S/C12H16F2N2O2/c1-8(17)7-15-4-5-16-12(18)10-3-2-9(13)6-11(10)14/h2-3,6,8,15,17H,4-5,7H2,1H3,(H,16,18). The van der Waals surface area contributed by atoms with Crippen LogP contribution in [-0.2, 0) is 0 Å². The van der Waals surface area contributed by atoms with Crippen molar-refractivity contribution in [3.05, 3.63) is 35.4 Å². The van der Waals surface area contributed by atoms with E-state index >= 15 is 0 Å². The lowest BCUT2D eigenvalue weighted by Crippen LogP contribution is -2.34. The van der Waals surface area contributed by atoms with Gasteiger partial charge in [0, 0.05) is 25.7 Å². The predicted octanol–water partition coefficient (Wildman–Crippen LogP) is 0.665. The maximum atomic E-state index is 13.2. The second kappa shape index (κ2) is 7.03. The molecule has 0 saturated carbocycles. The SMILES string of the molecule is CC(O)CNCCNC(=O)c1ccc(F)cc1F. The Morgan fingerprint density at radius 2 is 2.11 bits per heavy atom. The number of nitrogens with one attached hydrogen (secondary N) is 2. The third-order valence-corrected chi connectivity index (χ3v) is 2.20. The van der Waals surface area contributed by atoms with Gasteiger partial charge in [-0.1, -0.05) is 0 Å². The normalized spacial score (nSPS) is 12.2. The van der Waals surface area contributed by atoms with Crippen molar-refractivity contribution in [2.75, 3.05) is 19.6 Å². The number of hydrogen-bond donors (Lipinski definition) is 3. The summed E-state index contributed by atoms with van der Waals surface area (Å²) < 4.78 is 25.9. The van der Waals surface area contributed by atoms with Gasteiger partial charge in [-0.25, -0.2) is 8.78 Å². The minimum absolute atomic E-state index is 0.188. The molecule has 0 aliphatic rings. The summed E-state index contributed by atoms with van der Waals surface area (Å²) in [5, 5.41) is 14.4. The smallest absolute Gasteiger partial charge is 0.254 e. The molecule has 4 nitrogen and oxygen atoms in total. The highest BCUT2D eigenvalue weighted by Crippen LogP contribution is 2.08. The lowest BCUT2D eigenvalue weighted by Gasteiger charge is -2.08. The van der Waals surface area contributed by atoms with Crippen molar-refractivity contribution in [1.82, 2.24) is 10.6 Å². The average Bonchev–Trinajstić information content (AvgIpc) is 2.27. The topological polar surface area (TPSA) is 61.4 Å². The zero-order valence-electron chi connectivity index (χ0n) is 10.0. The number of aliphatic hydroxyl groups is 1. The number of benzene rings is 1. The van der Waals surface area contributed by atoms with Crippen molar-refractivity contribution in [2.45, 2.75) is 13.0 Å². The molecule has 1 aromatic rings. The third kappa shape index (κ3) is 4.77. The van der Waals surface area contributed by atoms with Gasteiger partial charge in [0.15, 0.2) is 0 Å². The Morgan fingerprint density at radius 3 is 2.72 bits per heavy atom. The number of halogens is 2. The summed E-state index contributed by atoms with van der Waals surface area (Å²) in [7, 11) is 0. The van der Waals surface area contributed by atoms with Gasteiger partial charge in [0.1, 0.15) is 11.6 Å². The Bertz CT molecular complexity index is 411. The molecule has 18 heavy (non-hydrogen) atoms. The maximum Gasteiger partial charge on any atom is 0.254 e. The molecule has 0 aromatic heterocycles. The van der Waals surface area contributed by atoms with Crippen molar-refractivity contribution < 1.29 is 18.7 Å². The van der Waals surface area contributed by atoms with Crippen LogP contribution in [-0.4, -0.2) is 36.8 Å². The van der Waals surface area contributed by atoms with Crippen LogP contribution in [0.15, 0.2) is 18.2 Å². The molecular weight excluding hydrogens is 242 g/mol. The number of carbonyl (C=O) groups is 1. The molecule has 1 aromatic carbocycles. The van der Waals surface area contributed by atoms with E-state index in [2.05, 4.69) is 10.6 Å². The van der Waals surface area contributed by atoms with E-state index in [4.69, 9.17) is 5.11 Å². The van der Waals surface area contributed by atoms with Gasteiger partial charge in [0.25, 0.3) is 5.91 Å². The molecule has 0 radical (unpaired) electrons. The predicted molar refractivity (Wildman–Crippen MR) is 63.2 cm³/mol. The van der Waals surface area contributed by atoms with Crippen LogP contribution in [0.3, 0.4) is 0 Å². The minimum atomic E-state index is -0.885. The Balaban J connectivity index is 2.36. The van der Waals surface area contributed by atoms with Crippen LogP contribution in [0.25, 0.3) is 0 Å². The van der Waals surface area contributed by atoms with Crippen molar-refractivity contribution in [3.8, 4) is 0 Å². The van der Waals surface area contributed by atoms with Gasteiger partial charge in [0.05, 0.1) is 11.7 Å². The van der Waals surface area contributed by atoms with E-state index in [1.807, 2.05) is 0 Å². The summed E-state index contributed by atoms with van der Waals surface area (Å²) in [5.41, 5.74) is -0.188. The molecule has 1 atom stereocenters. The van der Waals surface area contributed by atoms with Crippen LogP contribution < -0.4 is 10.6 Å². The van der Waals surface area contributed by atoms with Crippen molar-refractivity contribution >= 4 is 5.91 Å². The second-order valence-electron chi connectivity index (χ2n) is 3.93. The molecule has 3 N–H and O–H groups in total. The fourth-order valence-corrected chi connectivity index (χ4v) is 1.34. The highest BCUT2D eigenvalue weighted by Gasteiger charge is 2.11. The summed E-state index contributed by atoms with van der Waals surface area (Å²) in [6.07, 6.45) is -0.463. The molecule has 0 aliphatic heterocycles. The van der Waals surface area contributed by atoms with Crippen LogP contribution >= 0.6 is 0 Å². The monoisotopic (exact) mass is 258 g/mol. The fraction of sp³-hybridized carbons (Fsp3) is 0.417. The molecule has 100 valence electrons. The van der Waals surface area contributed by atoms with Gasteiger partial charge in [-0.3, -0.25) is 4.79 Å². The molecule has 0 bridgehead atoms. The molecule has 6 heteroatoms. The summed E-state index contributed by atoms with van der Waals surface area (Å²) in [4.78, 5) is 11.5. The summed E-state index contributed by atoms with van der Waals surface area (Å²) in [6.45, 7) is 2.81. The van der Waals surface area contributed by atoms with Crippen molar-refractivity contribution in [3.63, 3.8) is 0 Å². The minimum Gasteiger partial charge on any atom is -0.392 e. The first-order chi connectivity index (χ1) is 8.50. The Hall–Kier alpha value is -1.53. The van der Waals surface area contributed by atoms with E-state index in [0.717, 1.165) is 12.1 Å². The molecule has 0 saturated heterocycles. The summed E-state index contributed by atoms with van der Waals surface area (Å²) in [6, 6.07) is 2.80. The van der Waals surface area contributed by atoms with Gasteiger partial charge in [-0.2, -0.15) is 0 Å². The van der Waals surface area contributed by atoms with E-state index in [9.17, 15) is 13.6 Å². The molecule has 1 amide bonds. The number of aliphatic hydroxyl groups excluding tert-OH is 1. The van der Waals surface area contributed by atoms with Crippen molar-refractivity contribution in [1.29, 1.82) is 0 Å². The first-order valence-corrected chi connectivity index (χ1v) is 5.62. The highest BCUT2D eigenvalue weighted by atomic mass is 19.1. The summed E-state index contributed by atoms with van der Waals surface area (Å²) in [5.74, 6) is -2.20. The molecule has 1 unspecified atom stereocenters. The van der Waals surface area contributed by atoms with Gasteiger partial charge < -0.3 is 15.7 Å². The van der Waals surface area contributed by atoms with Gasteiger partial charge in [0.2, 0.25) is 0 Å². The molecule has 1 rings (SSSR count). The van der Waals surface area contributed by atoms with Crippen molar-refractivity contribution in [2.24, 2.45) is 0 Å². The number of amides is 1. The average molecular weight is 258 g/mol. The van der Waals surface area contributed by atoms with Crippen LogP contribution in [0.5, 0.6) is 0 Å². The second-order valence-corrected chi connectivity index (χ2v) is 3.93. The lowest BCUT2D eigenvalue weighted by molar-refractivity contribution is 0.0949. The van der Waals surface area contributed by atoms with E-state index in [-0.39, 0.29) is 5.56 Å². The maximum absolute atomic E-state index is 13.2. The highest BCUT2D eigenvalue weighted by molar-refractivity contribution is 5.94. The number of carbonyl (C=O) groups excluding carboxylic acids is 1. The first kappa shape index (κ1) is 14.5. The molecule has 0 heterocycles. The van der Waals surface area contributed by atoms with Gasteiger partial charge >= 0.3 is 0 Å². The molecular formula is C12H16F2N2O2. The number of rotatable bonds is 6. The zero-order chi connectivity index (χ0) is 13.5. The van der Waals surface area contributed by atoms with Gasteiger partial charge in [-0.05, 0) is 19.1 Å². The van der Waals surface area contributed by atoms with Crippen LogP contribution in [0, 0.1) is 11.6 Å². The summed E-state index contributed by atoms with van der Waals surface area (Å²) >= 11 is 0.